The van der Waals surface area contributed by atoms with Crippen LogP contribution in [0.1, 0.15) is 38.4 Å². The van der Waals surface area contributed by atoms with Crippen LogP contribution in [0, 0.1) is 5.92 Å². The number of hydrogen-bond donors (Lipinski definition) is 2. The average molecular weight is 342 g/mol. The Kier molecular flexibility index (Phi) is 5.81. The number of benzene rings is 1. The van der Waals surface area contributed by atoms with Crippen molar-refractivity contribution in [1.29, 1.82) is 0 Å². The molecule has 1 aromatic heterocycles. The van der Waals surface area contributed by atoms with Crippen LogP contribution >= 0.6 is 0 Å². The van der Waals surface area contributed by atoms with Crippen LogP contribution in [0.4, 0.5) is 0 Å². The van der Waals surface area contributed by atoms with E-state index < -0.39 is 0 Å². The number of carbonyl (C=O) groups excluding carboxylic acids is 1. The third-order valence-electron chi connectivity index (χ3n) is 4.74. The molecule has 2 N–H and O–H groups in total. The Labute approximate surface area is 147 Å². The Bertz CT molecular complexity index is 786. The maximum Gasteiger partial charge on any atom is 0.258 e. The van der Waals surface area contributed by atoms with E-state index in [1.807, 2.05) is 18.2 Å². The molecule has 0 saturated carbocycles. The molecule has 0 bridgehead atoms. The molecule has 1 amide bonds. The minimum Gasteiger partial charge on any atom is -0.356 e. The molecule has 1 aliphatic rings. The van der Waals surface area contributed by atoms with E-state index in [-0.39, 0.29) is 17.4 Å². The van der Waals surface area contributed by atoms with E-state index >= 15 is 0 Å². The van der Waals surface area contributed by atoms with Crippen molar-refractivity contribution in [2.75, 3.05) is 19.6 Å². The van der Waals surface area contributed by atoms with Crippen molar-refractivity contribution < 1.29 is 4.79 Å². The lowest BCUT2D eigenvalue weighted by Crippen LogP contribution is -2.43. The van der Waals surface area contributed by atoms with Crippen molar-refractivity contribution in [3.05, 3.63) is 40.4 Å². The Morgan fingerprint density at radius 1 is 1.40 bits per heavy atom. The first-order valence-corrected chi connectivity index (χ1v) is 9.15. The standard InChI is InChI=1S/C19H26N4O2/c1-2-3-10-20-18(24)14-7-6-11-23(12-14)13-17-21-16-9-5-4-8-15(16)19(25)22-17/h4-5,8-9,14H,2-3,6-7,10-13H2,1H3,(H,20,24)(H,21,22,25). The Morgan fingerprint density at radius 3 is 3.08 bits per heavy atom. The highest BCUT2D eigenvalue weighted by Crippen LogP contribution is 2.18. The van der Waals surface area contributed by atoms with Crippen LogP contribution in [0.2, 0.25) is 0 Å². The molecule has 6 heteroatoms. The largest absolute Gasteiger partial charge is 0.356 e. The number of para-hydroxylation sites is 1. The average Bonchev–Trinajstić information content (AvgIpc) is 2.62. The number of fused-ring (bicyclic) bond motifs is 1. The van der Waals surface area contributed by atoms with Gasteiger partial charge >= 0.3 is 0 Å². The fraction of sp³-hybridized carbons (Fsp3) is 0.526. The van der Waals surface area contributed by atoms with Crippen molar-refractivity contribution >= 4 is 16.8 Å². The summed E-state index contributed by atoms with van der Waals surface area (Å²) in [6, 6.07) is 7.36. The van der Waals surface area contributed by atoms with E-state index in [1.54, 1.807) is 6.07 Å². The number of piperidine rings is 1. The second-order valence-electron chi connectivity index (χ2n) is 6.75. The number of aromatic amines is 1. The van der Waals surface area contributed by atoms with Crippen LogP contribution in [0.25, 0.3) is 10.9 Å². The number of likely N-dealkylation sites (tertiary alicyclic amines) is 1. The number of nitrogens with one attached hydrogen (secondary N) is 2. The molecular formula is C19H26N4O2. The number of H-pyrrole nitrogens is 1. The number of amides is 1. The summed E-state index contributed by atoms with van der Waals surface area (Å²) in [5, 5.41) is 3.64. The van der Waals surface area contributed by atoms with Crippen molar-refractivity contribution in [3.8, 4) is 0 Å². The van der Waals surface area contributed by atoms with E-state index in [2.05, 4.69) is 27.1 Å². The van der Waals surface area contributed by atoms with Crippen LogP contribution in [-0.2, 0) is 11.3 Å². The number of nitrogens with zero attached hydrogens (tertiary/aromatic N) is 2. The molecule has 1 aromatic carbocycles. The minimum absolute atomic E-state index is 0.0257. The maximum absolute atomic E-state index is 12.3. The molecule has 134 valence electrons. The molecule has 1 atom stereocenters. The zero-order valence-corrected chi connectivity index (χ0v) is 14.8. The van der Waals surface area contributed by atoms with Gasteiger partial charge in [-0.05, 0) is 37.9 Å². The van der Waals surface area contributed by atoms with Crippen LogP contribution in [0.15, 0.2) is 29.1 Å². The molecule has 2 aromatic rings. The van der Waals surface area contributed by atoms with E-state index in [0.717, 1.165) is 38.8 Å². The van der Waals surface area contributed by atoms with E-state index in [1.165, 1.54) is 0 Å². The summed E-state index contributed by atoms with van der Waals surface area (Å²) >= 11 is 0. The topological polar surface area (TPSA) is 78.1 Å². The Hall–Kier alpha value is -2.21. The van der Waals surface area contributed by atoms with Gasteiger partial charge in [0.15, 0.2) is 0 Å². The molecule has 1 fully saturated rings. The van der Waals surface area contributed by atoms with E-state index in [9.17, 15) is 9.59 Å². The summed E-state index contributed by atoms with van der Waals surface area (Å²) in [5.41, 5.74) is 0.610. The van der Waals surface area contributed by atoms with Gasteiger partial charge in [-0.1, -0.05) is 25.5 Å². The summed E-state index contributed by atoms with van der Waals surface area (Å²) in [5.74, 6) is 0.839. The number of hydrogen-bond acceptors (Lipinski definition) is 4. The molecule has 1 aliphatic heterocycles. The monoisotopic (exact) mass is 342 g/mol. The normalized spacial score (nSPS) is 18.4. The predicted octanol–water partition coefficient (Wildman–Crippen LogP) is 2.05. The molecule has 6 nitrogen and oxygen atoms in total. The first-order valence-electron chi connectivity index (χ1n) is 9.15. The summed E-state index contributed by atoms with van der Waals surface area (Å²) in [6.07, 6.45) is 4.02. The lowest BCUT2D eigenvalue weighted by atomic mass is 9.97. The SMILES string of the molecule is CCCCNC(=O)C1CCCN(Cc2nc3ccccc3c(=O)[nH]2)C1. The third-order valence-corrected chi connectivity index (χ3v) is 4.74. The fourth-order valence-electron chi connectivity index (χ4n) is 3.37. The lowest BCUT2D eigenvalue weighted by molar-refractivity contribution is -0.126. The Morgan fingerprint density at radius 2 is 2.24 bits per heavy atom. The van der Waals surface area contributed by atoms with Gasteiger partial charge in [-0.2, -0.15) is 0 Å². The summed E-state index contributed by atoms with van der Waals surface area (Å²) in [6.45, 7) is 5.08. The van der Waals surface area contributed by atoms with Gasteiger partial charge in [-0.25, -0.2) is 4.98 Å². The minimum atomic E-state index is -0.105. The first-order chi connectivity index (χ1) is 12.2. The van der Waals surface area contributed by atoms with Crippen LogP contribution in [-0.4, -0.2) is 40.4 Å². The predicted molar refractivity (Wildman–Crippen MR) is 98.3 cm³/mol. The van der Waals surface area contributed by atoms with Crippen LogP contribution < -0.4 is 10.9 Å². The quantitative estimate of drug-likeness (QED) is 0.788. The molecule has 0 radical (unpaired) electrons. The zero-order valence-electron chi connectivity index (χ0n) is 14.8. The van der Waals surface area contributed by atoms with Crippen molar-refractivity contribution in [2.45, 2.75) is 39.2 Å². The van der Waals surface area contributed by atoms with Gasteiger partial charge in [0.25, 0.3) is 5.56 Å². The molecule has 1 saturated heterocycles. The second-order valence-corrected chi connectivity index (χ2v) is 6.75. The highest BCUT2D eigenvalue weighted by Gasteiger charge is 2.25. The van der Waals surface area contributed by atoms with Crippen molar-refractivity contribution in [2.24, 2.45) is 5.92 Å². The zero-order chi connectivity index (χ0) is 17.6. The molecule has 0 aliphatic carbocycles. The van der Waals surface area contributed by atoms with Gasteiger partial charge in [0.05, 0.1) is 23.4 Å². The summed E-state index contributed by atoms with van der Waals surface area (Å²) in [4.78, 5) is 34.1. The van der Waals surface area contributed by atoms with Gasteiger partial charge < -0.3 is 10.3 Å². The van der Waals surface area contributed by atoms with Crippen LogP contribution in [0.3, 0.4) is 0 Å². The number of aromatic nitrogens is 2. The summed E-state index contributed by atoms with van der Waals surface area (Å²) < 4.78 is 0. The van der Waals surface area contributed by atoms with Gasteiger partial charge in [-0.3, -0.25) is 14.5 Å². The van der Waals surface area contributed by atoms with Crippen molar-refractivity contribution in [1.82, 2.24) is 20.2 Å². The highest BCUT2D eigenvalue weighted by molar-refractivity contribution is 5.79. The number of unbranched alkanes of at least 4 members (excludes halogenated alkanes) is 1. The van der Waals surface area contributed by atoms with Gasteiger partial charge in [0.2, 0.25) is 5.91 Å². The van der Waals surface area contributed by atoms with E-state index in [0.29, 0.717) is 29.8 Å². The molecule has 0 spiro atoms. The molecule has 25 heavy (non-hydrogen) atoms. The van der Waals surface area contributed by atoms with Crippen LogP contribution in [0.5, 0.6) is 0 Å². The van der Waals surface area contributed by atoms with Gasteiger partial charge in [-0.15, -0.1) is 0 Å². The summed E-state index contributed by atoms with van der Waals surface area (Å²) in [7, 11) is 0. The smallest absolute Gasteiger partial charge is 0.258 e. The van der Waals surface area contributed by atoms with Gasteiger partial charge in [0, 0.05) is 13.1 Å². The first kappa shape index (κ1) is 17.6. The lowest BCUT2D eigenvalue weighted by Gasteiger charge is -2.31. The molecular weight excluding hydrogens is 316 g/mol. The Balaban J connectivity index is 1.64. The third kappa shape index (κ3) is 4.45. The maximum atomic E-state index is 12.3. The second kappa shape index (κ2) is 8.25. The molecule has 1 unspecified atom stereocenters. The fourth-order valence-corrected chi connectivity index (χ4v) is 3.37. The van der Waals surface area contributed by atoms with E-state index in [4.69, 9.17) is 0 Å². The molecule has 2 heterocycles. The van der Waals surface area contributed by atoms with Gasteiger partial charge in [0.1, 0.15) is 5.82 Å². The molecule has 3 rings (SSSR count). The van der Waals surface area contributed by atoms with Crippen molar-refractivity contribution in [3.63, 3.8) is 0 Å². The highest BCUT2D eigenvalue weighted by atomic mass is 16.2. The number of rotatable bonds is 6. The number of carbonyl (C=O) groups is 1.